The first-order chi connectivity index (χ1) is 15.4. The lowest BCUT2D eigenvalue weighted by Gasteiger charge is -2.28. The second-order valence-corrected chi connectivity index (χ2v) is 7.92. The summed E-state index contributed by atoms with van der Waals surface area (Å²) < 4.78 is 38.8. The van der Waals surface area contributed by atoms with Gasteiger partial charge in [0.25, 0.3) is 0 Å². The van der Waals surface area contributed by atoms with Gasteiger partial charge in [0.1, 0.15) is 30.4 Å². The number of carbonyl (C=O) groups excluding carboxylic acids is 1. The lowest BCUT2D eigenvalue weighted by molar-refractivity contribution is 0.00921. The summed E-state index contributed by atoms with van der Waals surface area (Å²) in [5.74, 6) is 0.115. The fraction of sp³-hybridized carbons (Fsp3) is 0.318. The zero-order valence-corrected chi connectivity index (χ0v) is 17.2. The number of carbonyl (C=O) groups is 1. The minimum absolute atomic E-state index is 0.0519. The van der Waals surface area contributed by atoms with Crippen molar-refractivity contribution in [3.63, 3.8) is 0 Å². The summed E-state index contributed by atoms with van der Waals surface area (Å²) in [5.41, 5.74) is 8.38. The van der Waals surface area contributed by atoms with E-state index in [4.69, 9.17) is 15.2 Å². The number of nitrogen functional groups attached to an aromatic ring is 1. The second kappa shape index (κ2) is 7.77. The first-order valence-electron chi connectivity index (χ1n) is 10.3. The molecule has 3 aromatic rings. The number of benzene rings is 1. The summed E-state index contributed by atoms with van der Waals surface area (Å²) >= 11 is 0. The van der Waals surface area contributed by atoms with Crippen molar-refractivity contribution < 1.29 is 23.0 Å². The van der Waals surface area contributed by atoms with Gasteiger partial charge in [0.05, 0.1) is 5.69 Å². The molecular weight excluding hydrogens is 420 g/mol. The van der Waals surface area contributed by atoms with E-state index in [2.05, 4.69) is 20.6 Å². The quantitative estimate of drug-likeness (QED) is 0.523. The van der Waals surface area contributed by atoms with Gasteiger partial charge in [-0.15, -0.1) is 0 Å². The highest BCUT2D eigenvalue weighted by atomic mass is 19.1. The minimum Gasteiger partial charge on any atom is -0.474 e. The molecule has 1 aliphatic carbocycles. The van der Waals surface area contributed by atoms with Crippen LogP contribution in [0.5, 0.6) is 5.88 Å². The number of ether oxygens (including phenoxy) is 2. The topological polar surface area (TPSA) is 111 Å². The van der Waals surface area contributed by atoms with Gasteiger partial charge in [0.15, 0.2) is 5.82 Å². The molecule has 8 nitrogen and oxygen atoms in total. The number of amides is 1. The number of alkyl halides is 1. The normalized spacial score (nSPS) is 19.3. The maximum atomic E-state index is 15.2. The number of nitrogens with zero attached hydrogens (tertiary/aromatic N) is 2. The zero-order valence-electron chi connectivity index (χ0n) is 17.2. The van der Waals surface area contributed by atoms with E-state index in [1.807, 2.05) is 6.92 Å². The summed E-state index contributed by atoms with van der Waals surface area (Å²) in [7, 11) is 0. The molecule has 1 fully saturated rings. The Kier molecular flexibility index (Phi) is 4.91. The molecule has 0 spiro atoms. The number of anilines is 3. The third-order valence-electron chi connectivity index (χ3n) is 5.78. The molecule has 1 aliphatic heterocycles. The third kappa shape index (κ3) is 3.51. The Labute approximate surface area is 182 Å². The van der Waals surface area contributed by atoms with E-state index in [-0.39, 0.29) is 29.9 Å². The average Bonchev–Trinajstić information content (AvgIpc) is 2.76. The predicted molar refractivity (Wildman–Crippen MR) is 116 cm³/mol. The van der Waals surface area contributed by atoms with Crippen LogP contribution < -0.4 is 21.1 Å². The average molecular weight is 441 g/mol. The van der Waals surface area contributed by atoms with Crippen LogP contribution >= 0.6 is 0 Å². The van der Waals surface area contributed by atoms with Crippen molar-refractivity contribution in [3.05, 3.63) is 35.9 Å². The summed E-state index contributed by atoms with van der Waals surface area (Å²) in [6, 6.07) is 3.22. The van der Waals surface area contributed by atoms with Crippen molar-refractivity contribution >= 4 is 34.1 Å². The first kappa shape index (κ1) is 20.2. The molecule has 3 heterocycles. The molecule has 1 amide bonds. The molecule has 1 aromatic carbocycles. The SMILES string of the molecule is Cc1c(-c2cc3cc(NC(=O)OC4CC(F)C4)ncc3c(N)c2F)cnc2c1NCCO2. The van der Waals surface area contributed by atoms with Crippen molar-refractivity contribution in [1.29, 1.82) is 0 Å². The van der Waals surface area contributed by atoms with E-state index in [9.17, 15) is 9.18 Å². The van der Waals surface area contributed by atoms with Gasteiger partial charge < -0.3 is 20.5 Å². The Hall–Kier alpha value is -3.69. The number of pyridine rings is 2. The van der Waals surface area contributed by atoms with E-state index in [1.54, 1.807) is 18.3 Å². The van der Waals surface area contributed by atoms with Gasteiger partial charge in [-0.1, -0.05) is 0 Å². The van der Waals surface area contributed by atoms with Crippen LogP contribution in [0.3, 0.4) is 0 Å². The molecular formula is C22H21F2N5O3. The number of aromatic nitrogens is 2. The van der Waals surface area contributed by atoms with Gasteiger partial charge in [0, 0.05) is 48.3 Å². The van der Waals surface area contributed by atoms with E-state index < -0.39 is 24.2 Å². The van der Waals surface area contributed by atoms with Crippen LogP contribution in [0.2, 0.25) is 0 Å². The number of hydrogen-bond acceptors (Lipinski definition) is 7. The molecule has 10 heteroatoms. The van der Waals surface area contributed by atoms with Crippen LogP contribution in [-0.2, 0) is 4.74 Å². The van der Waals surface area contributed by atoms with Crippen LogP contribution in [0.1, 0.15) is 18.4 Å². The van der Waals surface area contributed by atoms with Crippen molar-refractivity contribution in [3.8, 4) is 17.0 Å². The highest BCUT2D eigenvalue weighted by molar-refractivity contribution is 5.99. The Morgan fingerprint density at radius 3 is 2.88 bits per heavy atom. The maximum absolute atomic E-state index is 15.2. The number of hydrogen-bond donors (Lipinski definition) is 3. The predicted octanol–water partition coefficient (Wildman–Crippen LogP) is 4.18. The molecule has 0 radical (unpaired) electrons. The molecule has 0 bridgehead atoms. The molecule has 0 atom stereocenters. The lowest BCUT2D eigenvalue weighted by atomic mass is 9.94. The van der Waals surface area contributed by atoms with Crippen LogP contribution in [0, 0.1) is 12.7 Å². The Morgan fingerprint density at radius 1 is 1.28 bits per heavy atom. The van der Waals surface area contributed by atoms with Crippen LogP contribution in [0.4, 0.5) is 30.8 Å². The van der Waals surface area contributed by atoms with E-state index in [1.165, 1.54) is 6.20 Å². The lowest BCUT2D eigenvalue weighted by Crippen LogP contribution is -2.35. The summed E-state index contributed by atoms with van der Waals surface area (Å²) in [6.07, 6.45) is 1.27. The summed E-state index contributed by atoms with van der Waals surface area (Å²) in [4.78, 5) is 20.5. The minimum atomic E-state index is -0.925. The Bertz CT molecular complexity index is 1230. The van der Waals surface area contributed by atoms with Crippen LogP contribution in [-0.4, -0.2) is 41.5 Å². The fourth-order valence-corrected chi connectivity index (χ4v) is 3.94. The summed E-state index contributed by atoms with van der Waals surface area (Å²) in [6.45, 7) is 3.00. The second-order valence-electron chi connectivity index (χ2n) is 7.92. The van der Waals surface area contributed by atoms with Gasteiger partial charge in [-0.05, 0) is 30.0 Å². The van der Waals surface area contributed by atoms with Gasteiger partial charge in [-0.3, -0.25) is 5.32 Å². The number of nitrogens with one attached hydrogen (secondary N) is 2. The highest BCUT2D eigenvalue weighted by Gasteiger charge is 2.32. The molecule has 4 N–H and O–H groups in total. The smallest absolute Gasteiger partial charge is 0.413 e. The van der Waals surface area contributed by atoms with E-state index in [0.717, 1.165) is 11.3 Å². The van der Waals surface area contributed by atoms with Crippen LogP contribution in [0.25, 0.3) is 21.9 Å². The van der Waals surface area contributed by atoms with Gasteiger partial charge in [0.2, 0.25) is 5.88 Å². The Balaban J connectivity index is 1.49. The number of nitrogens with two attached hydrogens (primary N) is 1. The van der Waals surface area contributed by atoms with Crippen molar-refractivity contribution in [2.24, 2.45) is 0 Å². The monoisotopic (exact) mass is 441 g/mol. The molecule has 2 aromatic heterocycles. The van der Waals surface area contributed by atoms with Gasteiger partial charge in [-0.2, -0.15) is 0 Å². The largest absolute Gasteiger partial charge is 0.474 e. The third-order valence-corrected chi connectivity index (χ3v) is 5.78. The van der Waals surface area contributed by atoms with Crippen LogP contribution in [0.15, 0.2) is 24.5 Å². The summed E-state index contributed by atoms with van der Waals surface area (Å²) in [5, 5.41) is 6.75. The fourth-order valence-electron chi connectivity index (χ4n) is 3.94. The van der Waals surface area contributed by atoms with Crippen molar-refractivity contribution in [1.82, 2.24) is 9.97 Å². The molecule has 1 saturated carbocycles. The molecule has 2 aliphatic rings. The maximum Gasteiger partial charge on any atom is 0.413 e. The molecule has 5 rings (SSSR count). The molecule has 166 valence electrons. The highest BCUT2D eigenvalue weighted by Crippen LogP contribution is 2.39. The molecule has 0 unspecified atom stereocenters. The first-order valence-corrected chi connectivity index (χ1v) is 10.3. The standard InChI is InChI=1S/C22H21F2N5O3/c1-10-15(8-28-21-20(10)26-2-3-31-21)14-4-11-5-17(27-9-16(11)19(25)18(14)24)29-22(30)32-13-6-12(23)7-13/h4-5,8-9,12-13,26H,2-3,6-7,25H2,1H3,(H,27,29,30). The Morgan fingerprint density at radius 2 is 2.09 bits per heavy atom. The van der Waals surface area contributed by atoms with Crippen molar-refractivity contribution in [2.75, 3.05) is 29.5 Å². The number of fused-ring (bicyclic) bond motifs is 2. The number of halogens is 2. The zero-order chi connectivity index (χ0) is 22.4. The number of rotatable bonds is 3. The van der Waals surface area contributed by atoms with E-state index in [0.29, 0.717) is 35.4 Å². The molecule has 0 saturated heterocycles. The van der Waals surface area contributed by atoms with Crippen molar-refractivity contribution in [2.45, 2.75) is 32.0 Å². The molecule has 32 heavy (non-hydrogen) atoms. The van der Waals surface area contributed by atoms with Gasteiger partial charge >= 0.3 is 6.09 Å². The van der Waals surface area contributed by atoms with Gasteiger partial charge in [-0.25, -0.2) is 23.5 Å². The van der Waals surface area contributed by atoms with E-state index >= 15 is 4.39 Å².